The number of halogens is 1. The van der Waals surface area contributed by atoms with Crippen LogP contribution < -0.4 is 4.74 Å². The highest BCUT2D eigenvalue weighted by Crippen LogP contribution is 2.40. The van der Waals surface area contributed by atoms with E-state index in [0.29, 0.717) is 16.1 Å². The largest absolute Gasteiger partial charge is 0.433 e. The predicted octanol–water partition coefficient (Wildman–Crippen LogP) is -2.15. The van der Waals surface area contributed by atoms with Crippen molar-refractivity contribution >= 4 is 11.6 Å². The van der Waals surface area contributed by atoms with Crippen LogP contribution in [0.25, 0.3) is 0 Å². The van der Waals surface area contributed by atoms with E-state index < -0.39 is 48.8 Å². The van der Waals surface area contributed by atoms with Crippen LogP contribution in [0.4, 0.5) is 0 Å². The summed E-state index contributed by atoms with van der Waals surface area (Å²) in [5, 5.41) is 86.5. The fourth-order valence-corrected chi connectivity index (χ4v) is 3.91. The van der Waals surface area contributed by atoms with Crippen LogP contribution in [0, 0.1) is 0 Å². The average Bonchev–Trinajstić information content (AvgIpc) is 2.80. The molecule has 1 saturated heterocycles. The lowest BCUT2D eigenvalue weighted by Crippen LogP contribution is -2.64. The maximum atomic E-state index is 10.7. The molecular weight excluding hydrogens is 492 g/mol. The zero-order valence-electron chi connectivity index (χ0n) is 18.4. The van der Waals surface area contributed by atoms with E-state index in [1.807, 2.05) is 0 Å². The van der Waals surface area contributed by atoms with E-state index in [1.165, 1.54) is 43.5 Å². The number of hydrogen-bond donors (Lipinski definition) is 9. The van der Waals surface area contributed by atoms with Crippen molar-refractivity contribution in [2.45, 2.75) is 48.6 Å². The zero-order chi connectivity index (χ0) is 26.2. The Balaban J connectivity index is 1.87. The second-order valence-electron chi connectivity index (χ2n) is 8.11. The first kappa shape index (κ1) is 27.7. The summed E-state index contributed by atoms with van der Waals surface area (Å²) in [5.41, 5.74) is 1.43. The smallest absolute Gasteiger partial charge is 0.409 e. The van der Waals surface area contributed by atoms with Crippen molar-refractivity contribution < 1.29 is 60.2 Å². The molecular formula is C22H27ClO12. The lowest BCUT2D eigenvalue weighted by atomic mass is 9.87. The highest BCUT2D eigenvalue weighted by atomic mass is 35.5. The first-order valence-electron chi connectivity index (χ1n) is 10.3. The summed E-state index contributed by atoms with van der Waals surface area (Å²) >= 11 is 6.34. The van der Waals surface area contributed by atoms with Crippen LogP contribution in [-0.2, 0) is 21.7 Å². The molecule has 0 bridgehead atoms. The minimum atomic E-state index is -3.93. The van der Waals surface area contributed by atoms with Gasteiger partial charge in [0, 0.05) is 17.7 Å². The molecule has 0 aliphatic carbocycles. The number of benzene rings is 2. The normalized spacial score (nSPS) is 27.6. The molecule has 13 heteroatoms. The Morgan fingerprint density at radius 1 is 0.971 bits per heavy atom. The van der Waals surface area contributed by atoms with Gasteiger partial charge in [0.1, 0.15) is 30.2 Å². The van der Waals surface area contributed by atoms with E-state index >= 15 is 0 Å². The van der Waals surface area contributed by atoms with Crippen LogP contribution in [0.1, 0.15) is 16.7 Å². The summed E-state index contributed by atoms with van der Waals surface area (Å²) in [5.74, 6) is -9.74. The summed E-state index contributed by atoms with van der Waals surface area (Å²) in [7, 11) is 1.23. The number of rotatable bonds is 8. The van der Waals surface area contributed by atoms with E-state index in [1.54, 1.807) is 6.07 Å². The van der Waals surface area contributed by atoms with Gasteiger partial charge in [-0.2, -0.15) is 0 Å². The van der Waals surface area contributed by atoms with Gasteiger partial charge in [-0.1, -0.05) is 29.8 Å². The molecule has 35 heavy (non-hydrogen) atoms. The fraction of sp³-hybridized carbons (Fsp3) is 0.455. The first-order valence-corrected chi connectivity index (χ1v) is 10.7. The van der Waals surface area contributed by atoms with Crippen molar-refractivity contribution in [1.82, 2.24) is 0 Å². The van der Waals surface area contributed by atoms with Gasteiger partial charge in [0.2, 0.25) is 5.79 Å². The van der Waals surface area contributed by atoms with Crippen molar-refractivity contribution in [3.8, 4) is 5.75 Å². The van der Waals surface area contributed by atoms with Gasteiger partial charge in [0.05, 0.1) is 6.61 Å². The van der Waals surface area contributed by atoms with Gasteiger partial charge in [-0.3, -0.25) is 0 Å². The predicted molar refractivity (Wildman–Crippen MR) is 117 cm³/mol. The van der Waals surface area contributed by atoms with Gasteiger partial charge in [-0.05, 0) is 41.8 Å². The van der Waals surface area contributed by atoms with Crippen molar-refractivity contribution in [3.05, 3.63) is 64.2 Å². The minimum absolute atomic E-state index is 0.209. The van der Waals surface area contributed by atoms with Crippen LogP contribution in [0.3, 0.4) is 0 Å². The molecule has 1 fully saturated rings. The molecule has 1 heterocycles. The third-order valence-corrected chi connectivity index (χ3v) is 6.09. The molecule has 0 aromatic heterocycles. The Bertz CT molecular complexity index is 1010. The quantitative estimate of drug-likeness (QED) is 0.171. The molecule has 2 aromatic rings. The Labute approximate surface area is 204 Å². The van der Waals surface area contributed by atoms with E-state index in [-0.39, 0.29) is 17.7 Å². The summed E-state index contributed by atoms with van der Waals surface area (Å²) in [6, 6.07) is 10.1. The van der Waals surface area contributed by atoms with E-state index in [9.17, 15) is 30.6 Å². The molecule has 0 saturated carbocycles. The fourth-order valence-electron chi connectivity index (χ4n) is 3.72. The lowest BCUT2D eigenvalue weighted by molar-refractivity contribution is -0.502. The van der Waals surface area contributed by atoms with Crippen LogP contribution in [-0.4, -0.2) is 96.0 Å². The Kier molecular flexibility index (Phi) is 8.08. The maximum absolute atomic E-state index is 10.7. The molecule has 1 aliphatic heterocycles. The first-order chi connectivity index (χ1) is 16.3. The number of ether oxygens (including phenoxy) is 3. The molecule has 5 unspecified atom stereocenters. The van der Waals surface area contributed by atoms with E-state index in [4.69, 9.17) is 36.4 Å². The number of hydrogen-bond acceptors (Lipinski definition) is 12. The SMILES string of the molecule is COC1(c2ccc(Cl)c(Cc3ccc(OC(O)(O)C(O)(O)O)cc3)c2)OC(CO)C(O)C(O)C1O. The topological polar surface area (TPSA) is 210 Å². The molecule has 2 aromatic carbocycles. The molecule has 0 spiro atoms. The summed E-state index contributed by atoms with van der Waals surface area (Å²) in [6.07, 6.45) is -5.95. The van der Waals surface area contributed by atoms with Gasteiger partial charge >= 0.3 is 11.9 Å². The van der Waals surface area contributed by atoms with Crippen LogP contribution >= 0.6 is 11.6 Å². The highest BCUT2D eigenvalue weighted by Gasteiger charge is 2.55. The van der Waals surface area contributed by atoms with Crippen molar-refractivity contribution in [2.75, 3.05) is 13.7 Å². The van der Waals surface area contributed by atoms with Gasteiger partial charge in [-0.25, -0.2) is 0 Å². The lowest BCUT2D eigenvalue weighted by Gasteiger charge is -2.47. The molecule has 9 N–H and O–H groups in total. The molecule has 12 nitrogen and oxygen atoms in total. The van der Waals surface area contributed by atoms with Gasteiger partial charge in [0.25, 0.3) is 0 Å². The van der Waals surface area contributed by atoms with Crippen LogP contribution in [0.5, 0.6) is 5.75 Å². The molecule has 3 rings (SSSR count). The number of methoxy groups -OCH3 is 1. The Morgan fingerprint density at radius 2 is 1.60 bits per heavy atom. The molecule has 194 valence electrons. The van der Waals surface area contributed by atoms with Gasteiger partial charge in [0.15, 0.2) is 0 Å². The number of aliphatic hydroxyl groups is 9. The van der Waals surface area contributed by atoms with Crippen molar-refractivity contribution in [1.29, 1.82) is 0 Å². The number of aliphatic hydroxyl groups excluding tert-OH is 4. The second kappa shape index (κ2) is 10.2. The van der Waals surface area contributed by atoms with Gasteiger partial charge in [-0.15, -0.1) is 0 Å². The zero-order valence-corrected chi connectivity index (χ0v) is 19.1. The average molecular weight is 519 g/mol. The van der Waals surface area contributed by atoms with Gasteiger partial charge < -0.3 is 60.2 Å². The minimum Gasteiger partial charge on any atom is -0.433 e. The summed E-state index contributed by atoms with van der Waals surface area (Å²) < 4.78 is 15.7. The van der Waals surface area contributed by atoms with Crippen LogP contribution in [0.15, 0.2) is 42.5 Å². The van der Waals surface area contributed by atoms with E-state index in [2.05, 4.69) is 4.74 Å². The monoisotopic (exact) mass is 518 g/mol. The highest BCUT2D eigenvalue weighted by molar-refractivity contribution is 6.31. The molecule has 0 radical (unpaired) electrons. The molecule has 1 aliphatic rings. The Hall–Kier alpha value is -1.91. The second-order valence-corrected chi connectivity index (χ2v) is 8.52. The summed E-state index contributed by atoms with van der Waals surface area (Å²) in [6.45, 7) is -0.641. The van der Waals surface area contributed by atoms with Crippen molar-refractivity contribution in [2.24, 2.45) is 0 Å². The Morgan fingerprint density at radius 3 is 2.14 bits per heavy atom. The molecule has 0 amide bonds. The van der Waals surface area contributed by atoms with Crippen LogP contribution in [0.2, 0.25) is 5.02 Å². The maximum Gasteiger partial charge on any atom is 0.409 e. The van der Waals surface area contributed by atoms with Crippen molar-refractivity contribution in [3.63, 3.8) is 0 Å². The summed E-state index contributed by atoms with van der Waals surface area (Å²) in [4.78, 5) is 0. The molecule has 5 atom stereocenters. The standard InChI is InChI=1S/C22H27ClO12/c1-33-20(19(27)18(26)17(25)16(10-24)35-20)13-4-7-15(23)12(9-13)8-11-2-5-14(6-3-11)34-22(31,32)21(28,29)30/h2-7,9,16-19,24-32H,8,10H2,1H3. The third-order valence-electron chi connectivity index (χ3n) is 5.72. The van der Waals surface area contributed by atoms with E-state index in [0.717, 1.165) is 0 Å². The third kappa shape index (κ3) is 5.44.